The van der Waals surface area contributed by atoms with Gasteiger partial charge in [-0.2, -0.15) is 0 Å². The predicted molar refractivity (Wildman–Crippen MR) is 103 cm³/mol. The van der Waals surface area contributed by atoms with E-state index in [0.29, 0.717) is 29.2 Å². The number of carbonyl (C=O) groups is 1. The van der Waals surface area contributed by atoms with Crippen molar-refractivity contribution < 1.29 is 14.6 Å². The van der Waals surface area contributed by atoms with Crippen molar-refractivity contribution in [1.82, 2.24) is 4.90 Å². The number of hydrogen-bond acceptors (Lipinski definition) is 4. The first-order valence-corrected chi connectivity index (χ1v) is 9.04. The van der Waals surface area contributed by atoms with Gasteiger partial charge in [0, 0.05) is 6.54 Å². The topological polar surface area (TPSA) is 49.8 Å². The molecule has 0 fully saturated rings. The van der Waals surface area contributed by atoms with Gasteiger partial charge in [-0.1, -0.05) is 43.7 Å². The molecule has 136 valence electrons. The van der Waals surface area contributed by atoms with Crippen molar-refractivity contribution in [3.63, 3.8) is 0 Å². The lowest BCUT2D eigenvalue weighted by Crippen LogP contribution is -2.19. The highest BCUT2D eigenvalue weighted by Gasteiger charge is 2.33. The minimum atomic E-state index is -0.126. The number of allylic oxidation sites excluding steroid dienone is 1. The van der Waals surface area contributed by atoms with Gasteiger partial charge in [-0.3, -0.25) is 4.79 Å². The summed E-state index contributed by atoms with van der Waals surface area (Å²) < 4.78 is 5.95. The van der Waals surface area contributed by atoms with Crippen molar-refractivity contribution in [3.8, 4) is 11.5 Å². The van der Waals surface area contributed by atoms with Crippen LogP contribution < -0.4 is 4.74 Å². The fraction of sp³-hybridized carbons (Fsp3) is 0.318. The minimum absolute atomic E-state index is 0.126. The van der Waals surface area contributed by atoms with Gasteiger partial charge in [-0.25, -0.2) is 0 Å². The number of benzene rings is 2. The molecule has 0 saturated heterocycles. The van der Waals surface area contributed by atoms with E-state index in [0.717, 1.165) is 30.5 Å². The molecule has 3 rings (SSSR count). The molecule has 2 aromatic rings. The summed E-state index contributed by atoms with van der Waals surface area (Å²) in [4.78, 5) is 15.0. The smallest absolute Gasteiger partial charge is 0.232 e. The molecule has 26 heavy (non-hydrogen) atoms. The van der Waals surface area contributed by atoms with E-state index in [9.17, 15) is 9.90 Å². The van der Waals surface area contributed by atoms with Crippen LogP contribution in [0.25, 0.3) is 6.08 Å². The van der Waals surface area contributed by atoms with Gasteiger partial charge < -0.3 is 14.7 Å². The van der Waals surface area contributed by atoms with Crippen molar-refractivity contribution in [1.29, 1.82) is 0 Å². The van der Waals surface area contributed by atoms with Crippen LogP contribution in [0.15, 0.2) is 42.2 Å². The van der Waals surface area contributed by atoms with E-state index in [2.05, 4.69) is 11.8 Å². The summed E-state index contributed by atoms with van der Waals surface area (Å²) in [7, 11) is 2.01. The molecule has 4 heteroatoms. The highest BCUT2D eigenvalue weighted by molar-refractivity contribution is 6.15. The lowest BCUT2D eigenvalue weighted by molar-refractivity contribution is 0.101. The van der Waals surface area contributed by atoms with Gasteiger partial charge >= 0.3 is 0 Å². The van der Waals surface area contributed by atoms with Gasteiger partial charge in [-0.15, -0.1) is 0 Å². The first-order chi connectivity index (χ1) is 12.5. The van der Waals surface area contributed by atoms with Crippen LogP contribution in [0.1, 0.15) is 46.8 Å². The highest BCUT2D eigenvalue weighted by atomic mass is 16.5. The number of fused-ring (bicyclic) bond motifs is 1. The van der Waals surface area contributed by atoms with E-state index >= 15 is 0 Å². The average Bonchev–Trinajstić information content (AvgIpc) is 2.94. The Balaban J connectivity index is 1.96. The van der Waals surface area contributed by atoms with Crippen LogP contribution in [0.5, 0.6) is 11.5 Å². The summed E-state index contributed by atoms with van der Waals surface area (Å²) in [5.41, 5.74) is 2.88. The molecular weight excluding hydrogens is 326 g/mol. The molecule has 0 aromatic heterocycles. The molecular formula is C22H25NO3. The van der Waals surface area contributed by atoms with Crippen molar-refractivity contribution >= 4 is 11.9 Å². The summed E-state index contributed by atoms with van der Waals surface area (Å²) >= 11 is 0. The number of phenolic OH excluding ortho intramolecular Hbond substituents is 1. The largest absolute Gasteiger partial charge is 0.507 e. The third-order valence-electron chi connectivity index (χ3n) is 4.64. The molecule has 0 unspecified atom stereocenters. The van der Waals surface area contributed by atoms with E-state index < -0.39 is 0 Å². The van der Waals surface area contributed by atoms with Crippen LogP contribution in [-0.4, -0.2) is 29.4 Å². The molecule has 1 N–H and O–H groups in total. The maximum Gasteiger partial charge on any atom is 0.232 e. The fourth-order valence-corrected chi connectivity index (χ4v) is 3.21. The maximum absolute atomic E-state index is 12.9. The van der Waals surface area contributed by atoms with E-state index in [1.807, 2.05) is 44.3 Å². The minimum Gasteiger partial charge on any atom is -0.507 e. The Kier molecular flexibility index (Phi) is 5.43. The van der Waals surface area contributed by atoms with E-state index in [1.54, 1.807) is 12.1 Å². The third kappa shape index (κ3) is 3.65. The number of nitrogens with zero attached hydrogens (tertiary/aromatic N) is 1. The maximum atomic E-state index is 12.9. The lowest BCUT2D eigenvalue weighted by atomic mass is 9.99. The van der Waals surface area contributed by atoms with E-state index in [4.69, 9.17) is 4.74 Å². The van der Waals surface area contributed by atoms with Gasteiger partial charge in [0.25, 0.3) is 0 Å². The number of rotatable bonds is 6. The number of carbonyl (C=O) groups excluding carboxylic acids is 1. The molecule has 0 amide bonds. The molecule has 1 heterocycles. The molecule has 2 aromatic carbocycles. The molecule has 0 aliphatic carbocycles. The Morgan fingerprint density at radius 1 is 1.23 bits per heavy atom. The highest BCUT2D eigenvalue weighted by Crippen LogP contribution is 2.42. The van der Waals surface area contributed by atoms with Gasteiger partial charge in [0.15, 0.2) is 5.76 Å². The number of ether oxygens (including phenoxy) is 1. The Labute approximate surface area is 154 Å². The lowest BCUT2D eigenvalue weighted by Gasteiger charge is -2.19. The predicted octanol–water partition coefficient (Wildman–Crippen LogP) is 4.55. The molecule has 0 radical (unpaired) electrons. The van der Waals surface area contributed by atoms with Crippen molar-refractivity contribution in [2.45, 2.75) is 33.2 Å². The Bertz CT molecular complexity index is 840. The number of aryl methyl sites for hydroxylation is 1. The van der Waals surface area contributed by atoms with Crippen LogP contribution in [-0.2, 0) is 6.54 Å². The van der Waals surface area contributed by atoms with Gasteiger partial charge in [-0.05, 0) is 50.2 Å². The molecule has 1 aliphatic rings. The van der Waals surface area contributed by atoms with Crippen LogP contribution in [0.2, 0.25) is 0 Å². The normalized spacial score (nSPS) is 14.8. The molecule has 0 bridgehead atoms. The fourth-order valence-electron chi connectivity index (χ4n) is 3.21. The van der Waals surface area contributed by atoms with E-state index in [1.165, 1.54) is 0 Å². The van der Waals surface area contributed by atoms with Crippen LogP contribution >= 0.6 is 0 Å². The number of phenols is 1. The van der Waals surface area contributed by atoms with Gasteiger partial charge in [0.05, 0.1) is 11.1 Å². The second kappa shape index (κ2) is 7.75. The van der Waals surface area contributed by atoms with Crippen molar-refractivity contribution in [2.75, 3.05) is 13.6 Å². The third-order valence-corrected chi connectivity index (χ3v) is 4.64. The average molecular weight is 351 g/mol. The van der Waals surface area contributed by atoms with Crippen LogP contribution in [0.3, 0.4) is 0 Å². The first kappa shape index (κ1) is 18.2. The molecule has 0 atom stereocenters. The second-order valence-corrected chi connectivity index (χ2v) is 6.84. The first-order valence-electron chi connectivity index (χ1n) is 9.04. The van der Waals surface area contributed by atoms with Crippen LogP contribution in [0.4, 0.5) is 0 Å². The summed E-state index contributed by atoms with van der Waals surface area (Å²) in [5, 5.41) is 10.5. The van der Waals surface area contributed by atoms with Crippen LogP contribution in [0, 0.1) is 6.92 Å². The van der Waals surface area contributed by atoms with Gasteiger partial charge in [0.2, 0.25) is 5.78 Å². The zero-order valence-corrected chi connectivity index (χ0v) is 15.6. The summed E-state index contributed by atoms with van der Waals surface area (Å²) in [6, 6.07) is 11.3. The molecule has 0 spiro atoms. The number of ketones is 1. The molecule has 1 aliphatic heterocycles. The van der Waals surface area contributed by atoms with E-state index in [-0.39, 0.29) is 11.5 Å². The number of hydrogen-bond donors (Lipinski definition) is 1. The summed E-state index contributed by atoms with van der Waals surface area (Å²) in [6.07, 6.45) is 3.95. The quantitative estimate of drug-likeness (QED) is 0.776. The summed E-state index contributed by atoms with van der Waals surface area (Å²) in [6.45, 7) is 5.45. The Morgan fingerprint density at radius 3 is 2.65 bits per heavy atom. The second-order valence-electron chi connectivity index (χ2n) is 6.84. The number of unbranched alkanes of at least 4 members (excludes halogenated alkanes) is 1. The van der Waals surface area contributed by atoms with Gasteiger partial charge in [0.1, 0.15) is 11.5 Å². The standard InChI is InChI=1S/C22H25NO3/c1-4-5-11-23(3)14-17-18(24)12-15(2)20-21(25)19(26-22(17)20)13-16-9-7-6-8-10-16/h6-10,12-13,24H,4-5,11,14H2,1-3H3/b19-13-. The zero-order valence-electron chi connectivity index (χ0n) is 15.6. The number of Topliss-reactive ketones (excluding diaryl/α,β-unsaturated/α-hetero) is 1. The zero-order chi connectivity index (χ0) is 18.7. The Morgan fingerprint density at radius 2 is 1.96 bits per heavy atom. The van der Waals surface area contributed by atoms with Crippen molar-refractivity contribution in [2.24, 2.45) is 0 Å². The van der Waals surface area contributed by atoms with Crippen molar-refractivity contribution in [3.05, 3.63) is 64.4 Å². The molecule has 4 nitrogen and oxygen atoms in total. The SMILES string of the molecule is CCCCN(C)Cc1c(O)cc(C)c2c1O/C(=C\c1ccccc1)C2=O. The monoisotopic (exact) mass is 351 g/mol. The number of aromatic hydroxyl groups is 1. The Hall–Kier alpha value is -2.59. The molecule has 0 saturated carbocycles. The summed E-state index contributed by atoms with van der Waals surface area (Å²) in [5.74, 6) is 0.854.